The number of carbonyl (C=O) groups is 1. The molecule has 0 spiro atoms. The number of hydrogen-bond acceptors (Lipinski definition) is 3. The third kappa shape index (κ3) is 1.10. The van der Waals surface area contributed by atoms with Crippen molar-refractivity contribution in [3.05, 3.63) is 23.9 Å². The van der Waals surface area contributed by atoms with Crippen molar-refractivity contribution in [3.63, 3.8) is 0 Å². The Morgan fingerprint density at radius 1 is 1.62 bits per heavy atom. The molecule has 2 unspecified atom stereocenters. The number of aliphatic imine (C=N–C) groups is 1. The number of methoxy groups -OCH3 is 1. The van der Waals surface area contributed by atoms with Crippen LogP contribution in [-0.4, -0.2) is 24.8 Å². The number of hydrogen-bond donors (Lipinski definition) is 1. The van der Waals surface area contributed by atoms with Gasteiger partial charge in [0, 0.05) is 12.8 Å². The lowest BCUT2D eigenvalue weighted by Crippen LogP contribution is -2.33. The molecule has 4 nitrogen and oxygen atoms in total. The molecule has 0 aromatic carbocycles. The number of ether oxygens (including phenoxy) is 1. The second-order valence-electron chi connectivity index (χ2n) is 3.03. The standard InChI is InChI=1S/C9H10N2O2/c1-13-8-7-5(10)3-2-4-6(7)11-9(8)12/h2-4,7-8H,10H2,1H3. The summed E-state index contributed by atoms with van der Waals surface area (Å²) in [4.78, 5) is 15.1. The average Bonchev–Trinajstić information content (AvgIpc) is 2.42. The van der Waals surface area contributed by atoms with E-state index in [4.69, 9.17) is 10.5 Å². The van der Waals surface area contributed by atoms with Gasteiger partial charge in [0.1, 0.15) is 0 Å². The van der Waals surface area contributed by atoms with E-state index in [1.54, 1.807) is 18.2 Å². The van der Waals surface area contributed by atoms with E-state index in [2.05, 4.69) is 4.99 Å². The predicted molar refractivity (Wildman–Crippen MR) is 48.1 cm³/mol. The fraction of sp³-hybridized carbons (Fsp3) is 0.333. The lowest BCUT2D eigenvalue weighted by molar-refractivity contribution is -0.127. The van der Waals surface area contributed by atoms with Crippen LogP contribution in [0.3, 0.4) is 0 Å². The number of rotatable bonds is 1. The Kier molecular flexibility index (Phi) is 1.77. The van der Waals surface area contributed by atoms with Gasteiger partial charge < -0.3 is 10.5 Å². The summed E-state index contributed by atoms with van der Waals surface area (Å²) in [5, 5.41) is 0. The van der Waals surface area contributed by atoms with Crippen molar-refractivity contribution in [2.45, 2.75) is 6.10 Å². The third-order valence-electron chi connectivity index (χ3n) is 2.27. The molecule has 68 valence electrons. The Morgan fingerprint density at radius 2 is 2.38 bits per heavy atom. The Labute approximate surface area is 75.8 Å². The minimum Gasteiger partial charge on any atom is -0.401 e. The number of fused-ring (bicyclic) bond motifs is 1. The Morgan fingerprint density at radius 3 is 3.08 bits per heavy atom. The maximum atomic E-state index is 11.3. The lowest BCUT2D eigenvalue weighted by Gasteiger charge is -2.19. The Hall–Kier alpha value is -1.42. The second kappa shape index (κ2) is 2.81. The first-order chi connectivity index (χ1) is 6.24. The van der Waals surface area contributed by atoms with E-state index in [0.29, 0.717) is 11.4 Å². The van der Waals surface area contributed by atoms with Gasteiger partial charge in [0.25, 0.3) is 5.91 Å². The summed E-state index contributed by atoms with van der Waals surface area (Å²) in [5.74, 6) is -0.423. The molecule has 1 heterocycles. The molecule has 0 bridgehead atoms. The molecular weight excluding hydrogens is 168 g/mol. The minimum absolute atomic E-state index is 0.178. The third-order valence-corrected chi connectivity index (χ3v) is 2.27. The van der Waals surface area contributed by atoms with Crippen LogP contribution in [0.1, 0.15) is 0 Å². The number of amides is 1. The van der Waals surface area contributed by atoms with Crippen LogP contribution in [-0.2, 0) is 9.53 Å². The number of allylic oxidation sites excluding steroid dienone is 3. The normalized spacial score (nSPS) is 31.3. The first-order valence-corrected chi connectivity index (χ1v) is 4.03. The predicted octanol–water partition coefficient (Wildman–Crippen LogP) is 0.0112. The molecule has 2 aliphatic rings. The van der Waals surface area contributed by atoms with Crippen molar-refractivity contribution in [1.29, 1.82) is 0 Å². The van der Waals surface area contributed by atoms with Crippen LogP contribution in [0.2, 0.25) is 0 Å². The van der Waals surface area contributed by atoms with Crippen molar-refractivity contribution in [1.82, 2.24) is 0 Å². The summed E-state index contributed by atoms with van der Waals surface area (Å²) in [6.07, 6.45) is 4.82. The van der Waals surface area contributed by atoms with Gasteiger partial charge in [-0.3, -0.25) is 4.79 Å². The van der Waals surface area contributed by atoms with Crippen LogP contribution in [0.4, 0.5) is 0 Å². The molecule has 1 amide bonds. The van der Waals surface area contributed by atoms with Gasteiger partial charge in [0.05, 0.1) is 11.6 Å². The van der Waals surface area contributed by atoms with Crippen molar-refractivity contribution in [2.24, 2.45) is 16.6 Å². The van der Waals surface area contributed by atoms with Crippen molar-refractivity contribution in [2.75, 3.05) is 7.11 Å². The summed E-state index contributed by atoms with van der Waals surface area (Å²) in [7, 11) is 1.49. The van der Waals surface area contributed by atoms with E-state index in [9.17, 15) is 4.79 Å². The number of nitrogens with zero attached hydrogens (tertiary/aromatic N) is 1. The van der Waals surface area contributed by atoms with Crippen LogP contribution >= 0.6 is 0 Å². The zero-order valence-electron chi connectivity index (χ0n) is 7.23. The molecule has 13 heavy (non-hydrogen) atoms. The first kappa shape index (κ1) is 8.19. The monoisotopic (exact) mass is 178 g/mol. The van der Waals surface area contributed by atoms with E-state index in [-0.39, 0.29) is 11.8 Å². The van der Waals surface area contributed by atoms with Gasteiger partial charge >= 0.3 is 0 Å². The smallest absolute Gasteiger partial charge is 0.276 e. The van der Waals surface area contributed by atoms with Crippen LogP contribution in [0, 0.1) is 5.92 Å². The molecule has 0 fully saturated rings. The maximum absolute atomic E-state index is 11.3. The fourth-order valence-corrected chi connectivity index (χ4v) is 1.64. The van der Waals surface area contributed by atoms with Crippen molar-refractivity contribution in [3.8, 4) is 0 Å². The SMILES string of the molecule is COC1C(=O)N=C2C=CC=C(N)C21. The second-order valence-corrected chi connectivity index (χ2v) is 3.03. The molecule has 2 N–H and O–H groups in total. The molecule has 1 aliphatic carbocycles. The van der Waals surface area contributed by atoms with Gasteiger partial charge in [-0.25, -0.2) is 4.99 Å². The fourth-order valence-electron chi connectivity index (χ4n) is 1.64. The van der Waals surface area contributed by atoms with Gasteiger partial charge in [-0.1, -0.05) is 6.08 Å². The molecule has 0 aromatic rings. The summed E-state index contributed by atoms with van der Waals surface area (Å²) in [6.45, 7) is 0. The van der Waals surface area contributed by atoms with Crippen molar-refractivity contribution < 1.29 is 9.53 Å². The van der Waals surface area contributed by atoms with E-state index in [0.717, 1.165) is 0 Å². The van der Waals surface area contributed by atoms with Crippen LogP contribution in [0.5, 0.6) is 0 Å². The summed E-state index contributed by atoms with van der Waals surface area (Å²) < 4.78 is 5.04. The topological polar surface area (TPSA) is 64.7 Å². The van der Waals surface area contributed by atoms with Crippen LogP contribution < -0.4 is 5.73 Å². The van der Waals surface area contributed by atoms with Gasteiger partial charge in [-0.05, 0) is 12.2 Å². The van der Waals surface area contributed by atoms with Crippen LogP contribution in [0.25, 0.3) is 0 Å². The molecule has 1 aliphatic heterocycles. The molecule has 2 atom stereocenters. The summed E-state index contributed by atoms with van der Waals surface area (Å²) in [6, 6.07) is 0. The number of carbonyl (C=O) groups excluding carboxylic acids is 1. The zero-order chi connectivity index (χ0) is 9.42. The summed E-state index contributed by atoms with van der Waals surface area (Å²) in [5.41, 5.74) is 7.09. The Balaban J connectivity index is 2.39. The molecule has 4 heteroatoms. The minimum atomic E-state index is -0.531. The molecule has 0 radical (unpaired) electrons. The molecule has 0 aromatic heterocycles. The number of nitrogens with two attached hydrogens (primary N) is 1. The summed E-state index contributed by atoms with van der Waals surface area (Å²) >= 11 is 0. The highest BCUT2D eigenvalue weighted by Gasteiger charge is 2.39. The first-order valence-electron chi connectivity index (χ1n) is 4.03. The van der Waals surface area contributed by atoms with E-state index >= 15 is 0 Å². The van der Waals surface area contributed by atoms with E-state index in [1.165, 1.54) is 7.11 Å². The average molecular weight is 178 g/mol. The maximum Gasteiger partial charge on any atom is 0.276 e. The van der Waals surface area contributed by atoms with Gasteiger partial charge in [-0.15, -0.1) is 0 Å². The largest absolute Gasteiger partial charge is 0.401 e. The van der Waals surface area contributed by atoms with Crippen molar-refractivity contribution >= 4 is 11.6 Å². The highest BCUT2D eigenvalue weighted by molar-refractivity contribution is 6.13. The molecule has 2 rings (SSSR count). The van der Waals surface area contributed by atoms with Crippen LogP contribution in [0.15, 0.2) is 28.9 Å². The van der Waals surface area contributed by atoms with Gasteiger partial charge in [-0.2, -0.15) is 0 Å². The zero-order valence-corrected chi connectivity index (χ0v) is 7.23. The lowest BCUT2D eigenvalue weighted by atomic mass is 9.92. The highest BCUT2D eigenvalue weighted by atomic mass is 16.5. The molecule has 0 saturated heterocycles. The van der Waals surface area contributed by atoms with E-state index in [1.807, 2.05) is 0 Å². The Bertz CT molecular complexity index is 342. The highest BCUT2D eigenvalue weighted by Crippen LogP contribution is 2.26. The van der Waals surface area contributed by atoms with Gasteiger partial charge in [0.2, 0.25) is 0 Å². The van der Waals surface area contributed by atoms with E-state index < -0.39 is 6.10 Å². The quantitative estimate of drug-likeness (QED) is 0.615. The molecule has 0 saturated carbocycles. The van der Waals surface area contributed by atoms with Gasteiger partial charge in [0.15, 0.2) is 6.10 Å². The molecular formula is C9H10N2O2.